The predicted octanol–water partition coefficient (Wildman–Crippen LogP) is 0.522. The summed E-state index contributed by atoms with van der Waals surface area (Å²) in [4.78, 5) is 34.4. The zero-order valence-corrected chi connectivity index (χ0v) is 10.5. The summed E-state index contributed by atoms with van der Waals surface area (Å²) in [5.41, 5.74) is 1.18. The largest absolute Gasteiger partial charge is 0.352 e. The lowest BCUT2D eigenvalue weighted by Crippen LogP contribution is -2.32. The van der Waals surface area contributed by atoms with Crippen LogP contribution in [0.3, 0.4) is 0 Å². The minimum absolute atomic E-state index is 0.204. The topological polar surface area (TPSA) is 75.3 Å². The van der Waals surface area contributed by atoms with Crippen molar-refractivity contribution in [3.8, 4) is 0 Å². The third-order valence-corrected chi connectivity index (χ3v) is 2.95. The van der Waals surface area contributed by atoms with Crippen LogP contribution in [0.5, 0.6) is 0 Å². The second-order valence-corrected chi connectivity index (χ2v) is 4.34. The summed E-state index contributed by atoms with van der Waals surface area (Å²) in [6, 6.07) is 9.46. The fourth-order valence-electron chi connectivity index (χ4n) is 1.83. The van der Waals surface area contributed by atoms with E-state index in [-0.39, 0.29) is 11.5 Å². The van der Waals surface area contributed by atoms with E-state index in [0.717, 1.165) is 5.56 Å². The summed E-state index contributed by atoms with van der Waals surface area (Å²) in [6.45, 7) is 2.00. The number of carbonyl (C=O) groups excluding carboxylic acids is 3. The molecule has 0 radical (unpaired) electrons. The molecule has 1 aliphatic rings. The molecule has 5 heteroatoms. The van der Waals surface area contributed by atoms with Gasteiger partial charge in [-0.2, -0.15) is 0 Å². The van der Waals surface area contributed by atoms with Gasteiger partial charge in [-0.1, -0.05) is 30.3 Å². The summed E-state index contributed by atoms with van der Waals surface area (Å²) in [5.74, 6) is -1.88. The molecule has 0 aromatic heterocycles. The monoisotopic (exact) mass is 258 g/mol. The predicted molar refractivity (Wildman–Crippen MR) is 68.7 cm³/mol. The third-order valence-electron chi connectivity index (χ3n) is 2.95. The normalized spacial score (nSPS) is 15.7. The second-order valence-electron chi connectivity index (χ2n) is 4.34. The number of benzene rings is 1. The number of amides is 3. The maximum absolute atomic E-state index is 11.9. The SMILES string of the molecule is C[C@H](C(=O)NCc1ccccc1)C1=CC(=O)NC1=O. The molecule has 5 nitrogen and oxygen atoms in total. The molecule has 0 fully saturated rings. The van der Waals surface area contributed by atoms with Crippen LogP contribution in [0.25, 0.3) is 0 Å². The summed E-state index contributed by atoms with van der Waals surface area (Å²) in [6.07, 6.45) is 1.18. The van der Waals surface area contributed by atoms with Crippen molar-refractivity contribution in [3.05, 3.63) is 47.5 Å². The minimum Gasteiger partial charge on any atom is -0.352 e. The molecule has 0 bridgehead atoms. The summed E-state index contributed by atoms with van der Waals surface area (Å²) >= 11 is 0. The van der Waals surface area contributed by atoms with E-state index in [0.29, 0.717) is 6.54 Å². The first-order chi connectivity index (χ1) is 9.08. The second kappa shape index (κ2) is 5.48. The van der Waals surface area contributed by atoms with Gasteiger partial charge < -0.3 is 5.32 Å². The highest BCUT2D eigenvalue weighted by molar-refractivity contribution is 6.18. The molecule has 3 amide bonds. The van der Waals surface area contributed by atoms with Gasteiger partial charge in [0.2, 0.25) is 5.91 Å². The maximum Gasteiger partial charge on any atom is 0.255 e. The molecule has 2 N–H and O–H groups in total. The molecule has 98 valence electrons. The van der Waals surface area contributed by atoms with Crippen molar-refractivity contribution in [2.24, 2.45) is 5.92 Å². The van der Waals surface area contributed by atoms with Gasteiger partial charge >= 0.3 is 0 Å². The zero-order valence-electron chi connectivity index (χ0n) is 10.5. The molecular weight excluding hydrogens is 244 g/mol. The zero-order chi connectivity index (χ0) is 13.8. The van der Waals surface area contributed by atoms with Crippen LogP contribution in [0.15, 0.2) is 42.0 Å². The van der Waals surface area contributed by atoms with Crippen LogP contribution in [0.2, 0.25) is 0 Å². The van der Waals surface area contributed by atoms with Crippen molar-refractivity contribution >= 4 is 17.7 Å². The van der Waals surface area contributed by atoms with Crippen molar-refractivity contribution in [1.82, 2.24) is 10.6 Å². The number of rotatable bonds is 4. The van der Waals surface area contributed by atoms with E-state index in [9.17, 15) is 14.4 Å². The van der Waals surface area contributed by atoms with E-state index in [1.54, 1.807) is 6.92 Å². The van der Waals surface area contributed by atoms with E-state index in [4.69, 9.17) is 0 Å². The first-order valence-corrected chi connectivity index (χ1v) is 5.96. The lowest BCUT2D eigenvalue weighted by atomic mass is 10.0. The Balaban J connectivity index is 1.95. The van der Waals surface area contributed by atoms with Crippen LogP contribution >= 0.6 is 0 Å². The smallest absolute Gasteiger partial charge is 0.255 e. The molecule has 1 aliphatic heterocycles. The first-order valence-electron chi connectivity index (χ1n) is 5.96. The number of imide groups is 1. The standard InChI is InChI=1S/C14H14N2O3/c1-9(11-7-12(17)16-14(11)19)13(18)15-8-10-5-3-2-4-6-10/h2-7,9H,8H2,1H3,(H,15,18)(H,16,17,19)/t9-/m0/s1. The maximum atomic E-state index is 11.9. The van der Waals surface area contributed by atoms with Gasteiger partial charge in [0.15, 0.2) is 0 Å². The average molecular weight is 258 g/mol. The van der Waals surface area contributed by atoms with Crippen LogP contribution in [-0.2, 0) is 20.9 Å². The van der Waals surface area contributed by atoms with Gasteiger partial charge in [-0.3, -0.25) is 19.7 Å². The van der Waals surface area contributed by atoms with Crippen molar-refractivity contribution in [3.63, 3.8) is 0 Å². The summed E-state index contributed by atoms with van der Waals surface area (Å²) < 4.78 is 0. The Morgan fingerprint density at radius 2 is 1.95 bits per heavy atom. The molecule has 1 atom stereocenters. The highest BCUT2D eigenvalue weighted by atomic mass is 16.2. The number of hydrogen-bond acceptors (Lipinski definition) is 3. The first kappa shape index (κ1) is 13.0. The Kier molecular flexibility index (Phi) is 3.75. The van der Waals surface area contributed by atoms with Gasteiger partial charge in [0, 0.05) is 18.2 Å². The van der Waals surface area contributed by atoms with Gasteiger partial charge in [0.05, 0.1) is 5.92 Å². The van der Waals surface area contributed by atoms with Crippen molar-refractivity contribution < 1.29 is 14.4 Å². The van der Waals surface area contributed by atoms with Crippen LogP contribution in [0, 0.1) is 5.92 Å². The molecule has 1 aromatic carbocycles. The van der Waals surface area contributed by atoms with Gasteiger partial charge in [-0.05, 0) is 12.5 Å². The lowest BCUT2D eigenvalue weighted by Gasteiger charge is -2.11. The van der Waals surface area contributed by atoms with E-state index in [2.05, 4.69) is 10.6 Å². The van der Waals surface area contributed by atoms with Crippen molar-refractivity contribution in [2.75, 3.05) is 0 Å². The third kappa shape index (κ3) is 3.07. The van der Waals surface area contributed by atoms with E-state index in [1.807, 2.05) is 30.3 Å². The van der Waals surface area contributed by atoms with Gasteiger partial charge in [-0.25, -0.2) is 0 Å². The number of hydrogen-bond donors (Lipinski definition) is 2. The van der Waals surface area contributed by atoms with Crippen molar-refractivity contribution in [2.45, 2.75) is 13.5 Å². The quantitative estimate of drug-likeness (QED) is 0.773. The summed E-state index contributed by atoms with van der Waals surface area (Å²) in [5, 5.41) is 4.87. The molecule has 1 heterocycles. The Bertz CT molecular complexity index is 549. The van der Waals surface area contributed by atoms with Gasteiger partial charge in [-0.15, -0.1) is 0 Å². The average Bonchev–Trinajstić information content (AvgIpc) is 2.75. The Morgan fingerprint density at radius 1 is 1.26 bits per heavy atom. The summed E-state index contributed by atoms with van der Waals surface area (Å²) in [7, 11) is 0. The Hall–Kier alpha value is -2.43. The fourth-order valence-corrected chi connectivity index (χ4v) is 1.83. The van der Waals surface area contributed by atoms with Gasteiger partial charge in [0.1, 0.15) is 0 Å². The minimum atomic E-state index is -0.643. The van der Waals surface area contributed by atoms with E-state index in [1.165, 1.54) is 6.08 Å². The van der Waals surface area contributed by atoms with Gasteiger partial charge in [0.25, 0.3) is 11.8 Å². The van der Waals surface area contributed by atoms with E-state index < -0.39 is 17.7 Å². The molecule has 2 rings (SSSR count). The van der Waals surface area contributed by atoms with Crippen LogP contribution < -0.4 is 10.6 Å². The Morgan fingerprint density at radius 3 is 2.53 bits per heavy atom. The molecule has 0 unspecified atom stereocenters. The van der Waals surface area contributed by atoms with Crippen LogP contribution in [0.4, 0.5) is 0 Å². The highest BCUT2D eigenvalue weighted by Crippen LogP contribution is 2.15. The Labute approximate surface area is 110 Å². The van der Waals surface area contributed by atoms with Crippen LogP contribution in [-0.4, -0.2) is 17.7 Å². The van der Waals surface area contributed by atoms with Crippen LogP contribution in [0.1, 0.15) is 12.5 Å². The highest BCUT2D eigenvalue weighted by Gasteiger charge is 2.29. The molecule has 19 heavy (non-hydrogen) atoms. The van der Waals surface area contributed by atoms with E-state index >= 15 is 0 Å². The fraction of sp³-hybridized carbons (Fsp3) is 0.214. The molecular formula is C14H14N2O3. The molecule has 0 saturated heterocycles. The number of nitrogens with one attached hydrogen (secondary N) is 2. The molecule has 1 aromatic rings. The molecule has 0 aliphatic carbocycles. The lowest BCUT2D eigenvalue weighted by molar-refractivity contribution is -0.127. The number of carbonyl (C=O) groups is 3. The van der Waals surface area contributed by atoms with Crippen molar-refractivity contribution in [1.29, 1.82) is 0 Å². The molecule has 0 spiro atoms. The molecule has 0 saturated carbocycles.